The molecular formula is C16H9BrFNO2. The molecule has 0 radical (unpaired) electrons. The molecule has 0 atom stereocenters. The number of hydrogen-bond acceptors (Lipinski definition) is 3. The SMILES string of the molecule is O=C1OC(c2ccccc2Br)=NC1=Cc1ccccc1F. The second-order valence-electron chi connectivity index (χ2n) is 4.34. The van der Waals surface area contributed by atoms with E-state index in [9.17, 15) is 9.18 Å². The zero-order chi connectivity index (χ0) is 14.8. The molecule has 0 saturated carbocycles. The summed E-state index contributed by atoms with van der Waals surface area (Å²) in [5, 5.41) is 0. The second kappa shape index (κ2) is 5.61. The summed E-state index contributed by atoms with van der Waals surface area (Å²) in [6.07, 6.45) is 1.38. The summed E-state index contributed by atoms with van der Waals surface area (Å²) >= 11 is 3.37. The summed E-state index contributed by atoms with van der Waals surface area (Å²) in [7, 11) is 0. The van der Waals surface area contributed by atoms with Gasteiger partial charge in [0.1, 0.15) is 5.82 Å². The molecule has 0 N–H and O–H groups in total. The fraction of sp³-hybridized carbons (Fsp3) is 0. The maximum absolute atomic E-state index is 13.6. The van der Waals surface area contributed by atoms with Crippen LogP contribution in [0.2, 0.25) is 0 Å². The van der Waals surface area contributed by atoms with Crippen molar-refractivity contribution in [2.24, 2.45) is 4.99 Å². The minimum atomic E-state index is -0.594. The number of nitrogens with zero attached hydrogens (tertiary/aromatic N) is 1. The first-order valence-electron chi connectivity index (χ1n) is 6.17. The largest absolute Gasteiger partial charge is 0.402 e. The minimum absolute atomic E-state index is 0.0749. The number of hydrogen-bond donors (Lipinski definition) is 0. The van der Waals surface area contributed by atoms with Gasteiger partial charge in [-0.15, -0.1) is 0 Å². The molecule has 3 nitrogen and oxygen atoms in total. The van der Waals surface area contributed by atoms with E-state index in [-0.39, 0.29) is 11.6 Å². The predicted octanol–water partition coefficient (Wildman–Crippen LogP) is 3.93. The molecular weight excluding hydrogens is 337 g/mol. The molecule has 1 heterocycles. The zero-order valence-electron chi connectivity index (χ0n) is 10.7. The Morgan fingerprint density at radius 1 is 1.10 bits per heavy atom. The summed E-state index contributed by atoms with van der Waals surface area (Å²) < 4.78 is 19.5. The van der Waals surface area contributed by atoms with Gasteiger partial charge in [-0.1, -0.05) is 30.3 Å². The van der Waals surface area contributed by atoms with Gasteiger partial charge in [0.05, 0.1) is 5.56 Å². The van der Waals surface area contributed by atoms with E-state index < -0.39 is 11.8 Å². The van der Waals surface area contributed by atoms with E-state index in [1.807, 2.05) is 18.2 Å². The molecule has 0 aromatic heterocycles. The lowest BCUT2D eigenvalue weighted by Gasteiger charge is -2.01. The van der Waals surface area contributed by atoms with Gasteiger partial charge in [-0.05, 0) is 40.2 Å². The maximum atomic E-state index is 13.6. The number of ether oxygens (including phenoxy) is 1. The molecule has 2 aromatic carbocycles. The van der Waals surface area contributed by atoms with Gasteiger partial charge in [-0.3, -0.25) is 0 Å². The van der Waals surface area contributed by atoms with Crippen LogP contribution in [0.5, 0.6) is 0 Å². The third-order valence-electron chi connectivity index (χ3n) is 2.92. The third kappa shape index (κ3) is 2.78. The third-order valence-corrected chi connectivity index (χ3v) is 3.61. The van der Waals surface area contributed by atoms with Gasteiger partial charge in [0.25, 0.3) is 0 Å². The average molecular weight is 346 g/mol. The van der Waals surface area contributed by atoms with Crippen molar-refractivity contribution in [3.63, 3.8) is 0 Å². The highest BCUT2D eigenvalue weighted by Gasteiger charge is 2.25. The van der Waals surface area contributed by atoms with Gasteiger partial charge < -0.3 is 4.74 Å². The maximum Gasteiger partial charge on any atom is 0.363 e. The van der Waals surface area contributed by atoms with Gasteiger partial charge in [0, 0.05) is 10.0 Å². The highest BCUT2D eigenvalue weighted by Crippen LogP contribution is 2.24. The Morgan fingerprint density at radius 2 is 1.81 bits per heavy atom. The molecule has 3 rings (SSSR count). The molecule has 104 valence electrons. The molecule has 0 saturated heterocycles. The molecule has 0 amide bonds. The lowest BCUT2D eigenvalue weighted by atomic mass is 10.2. The number of halogens is 2. The van der Waals surface area contributed by atoms with Crippen molar-refractivity contribution in [2.75, 3.05) is 0 Å². The van der Waals surface area contributed by atoms with Crippen LogP contribution in [0.4, 0.5) is 4.39 Å². The second-order valence-corrected chi connectivity index (χ2v) is 5.19. The Kier molecular flexibility index (Phi) is 3.66. The Bertz CT molecular complexity index is 783. The van der Waals surface area contributed by atoms with Crippen molar-refractivity contribution < 1.29 is 13.9 Å². The van der Waals surface area contributed by atoms with E-state index in [0.29, 0.717) is 11.1 Å². The van der Waals surface area contributed by atoms with E-state index >= 15 is 0 Å². The Balaban J connectivity index is 2.00. The Hall–Kier alpha value is -2.27. The van der Waals surface area contributed by atoms with Gasteiger partial charge in [0.15, 0.2) is 5.70 Å². The first-order valence-corrected chi connectivity index (χ1v) is 6.96. The standard InChI is InChI=1S/C16H9BrFNO2/c17-12-7-3-2-6-11(12)15-19-14(16(20)21-15)9-10-5-1-4-8-13(10)18/h1-9H. The topological polar surface area (TPSA) is 38.7 Å². The summed E-state index contributed by atoms with van der Waals surface area (Å²) in [4.78, 5) is 16.0. The predicted molar refractivity (Wildman–Crippen MR) is 81.1 cm³/mol. The van der Waals surface area contributed by atoms with E-state index in [2.05, 4.69) is 20.9 Å². The van der Waals surface area contributed by atoms with Crippen molar-refractivity contribution in [1.82, 2.24) is 0 Å². The number of carbonyl (C=O) groups excluding carboxylic acids is 1. The van der Waals surface area contributed by atoms with E-state index in [4.69, 9.17) is 4.74 Å². The van der Waals surface area contributed by atoms with Crippen LogP contribution in [0.1, 0.15) is 11.1 Å². The van der Waals surface area contributed by atoms with Crippen LogP contribution in [-0.4, -0.2) is 11.9 Å². The van der Waals surface area contributed by atoms with Crippen molar-refractivity contribution in [3.8, 4) is 0 Å². The summed E-state index contributed by atoms with van der Waals surface area (Å²) in [6.45, 7) is 0. The molecule has 0 bridgehead atoms. The minimum Gasteiger partial charge on any atom is -0.402 e. The van der Waals surface area contributed by atoms with Crippen LogP contribution in [0.15, 0.2) is 63.7 Å². The van der Waals surface area contributed by atoms with E-state index in [1.54, 1.807) is 24.3 Å². The van der Waals surface area contributed by atoms with E-state index in [0.717, 1.165) is 4.47 Å². The van der Waals surface area contributed by atoms with Crippen LogP contribution in [0.25, 0.3) is 6.08 Å². The summed E-state index contributed by atoms with van der Waals surface area (Å²) in [5.41, 5.74) is 1.04. The number of benzene rings is 2. The Labute approximate surface area is 128 Å². The summed E-state index contributed by atoms with van der Waals surface area (Å²) in [6, 6.07) is 13.4. The lowest BCUT2D eigenvalue weighted by Crippen LogP contribution is -2.05. The molecule has 0 fully saturated rings. The summed E-state index contributed by atoms with van der Waals surface area (Å²) in [5.74, 6) is -0.804. The zero-order valence-corrected chi connectivity index (χ0v) is 12.3. The number of cyclic esters (lactones) is 1. The van der Waals surface area contributed by atoms with Crippen molar-refractivity contribution >= 4 is 33.9 Å². The molecule has 0 spiro atoms. The molecule has 0 unspecified atom stereocenters. The lowest BCUT2D eigenvalue weighted by molar-refractivity contribution is -0.129. The molecule has 0 aliphatic carbocycles. The highest BCUT2D eigenvalue weighted by molar-refractivity contribution is 9.10. The number of rotatable bonds is 2. The van der Waals surface area contributed by atoms with E-state index in [1.165, 1.54) is 12.1 Å². The molecule has 1 aliphatic heterocycles. The van der Waals surface area contributed by atoms with Gasteiger partial charge >= 0.3 is 5.97 Å². The van der Waals surface area contributed by atoms with Gasteiger partial charge in [-0.2, -0.15) is 0 Å². The first kappa shape index (κ1) is 13.7. The smallest absolute Gasteiger partial charge is 0.363 e. The quantitative estimate of drug-likeness (QED) is 0.610. The Morgan fingerprint density at radius 3 is 2.57 bits per heavy atom. The van der Waals surface area contributed by atoms with Crippen LogP contribution in [-0.2, 0) is 9.53 Å². The van der Waals surface area contributed by atoms with Crippen LogP contribution < -0.4 is 0 Å². The van der Waals surface area contributed by atoms with Gasteiger partial charge in [0.2, 0.25) is 5.90 Å². The highest BCUT2D eigenvalue weighted by atomic mass is 79.9. The van der Waals surface area contributed by atoms with Crippen LogP contribution in [0, 0.1) is 5.82 Å². The normalized spacial score (nSPS) is 16.0. The number of esters is 1. The monoisotopic (exact) mass is 345 g/mol. The molecule has 5 heteroatoms. The average Bonchev–Trinajstić information content (AvgIpc) is 2.83. The molecule has 2 aromatic rings. The fourth-order valence-electron chi connectivity index (χ4n) is 1.90. The van der Waals surface area contributed by atoms with Crippen LogP contribution >= 0.6 is 15.9 Å². The van der Waals surface area contributed by atoms with Crippen molar-refractivity contribution in [1.29, 1.82) is 0 Å². The number of carbonyl (C=O) groups is 1. The fourth-order valence-corrected chi connectivity index (χ4v) is 2.35. The number of aliphatic imine (C=N–C) groups is 1. The first-order chi connectivity index (χ1) is 10.1. The van der Waals surface area contributed by atoms with Gasteiger partial charge in [-0.25, -0.2) is 14.2 Å². The van der Waals surface area contributed by atoms with Crippen LogP contribution in [0.3, 0.4) is 0 Å². The van der Waals surface area contributed by atoms with Crippen molar-refractivity contribution in [3.05, 3.63) is 75.6 Å². The molecule has 21 heavy (non-hydrogen) atoms. The van der Waals surface area contributed by atoms with Crippen molar-refractivity contribution in [2.45, 2.75) is 0 Å². The molecule has 1 aliphatic rings.